The maximum Gasteiger partial charge on any atom is 0.404 e. The van der Waals surface area contributed by atoms with Gasteiger partial charge in [0.2, 0.25) is 21.8 Å². The first-order valence-corrected chi connectivity index (χ1v) is 15.8. The number of hydrogen-bond donors (Lipinski definition) is 3. The van der Waals surface area contributed by atoms with E-state index in [1.54, 1.807) is 30.3 Å². The van der Waals surface area contributed by atoms with Gasteiger partial charge in [-0.25, -0.2) is 13.2 Å². The van der Waals surface area contributed by atoms with E-state index in [0.717, 1.165) is 10.5 Å². The number of benzene rings is 2. The summed E-state index contributed by atoms with van der Waals surface area (Å²) in [6, 6.07) is 10.0. The molecule has 0 spiro atoms. The highest BCUT2D eigenvalue weighted by Crippen LogP contribution is 2.30. The molecule has 3 N–H and O–H groups in total. The van der Waals surface area contributed by atoms with E-state index < -0.39 is 45.8 Å². The van der Waals surface area contributed by atoms with E-state index >= 15 is 0 Å². The molecule has 3 fully saturated rings. The fourth-order valence-electron chi connectivity index (χ4n) is 6.07. The lowest BCUT2D eigenvalue weighted by atomic mass is 10.0. The lowest BCUT2D eigenvalue weighted by molar-refractivity contribution is -0.136. The average Bonchev–Trinajstić information content (AvgIpc) is 3.21. The summed E-state index contributed by atoms with van der Waals surface area (Å²) in [5.74, 6) is -1.76. The van der Waals surface area contributed by atoms with E-state index in [-0.39, 0.29) is 54.1 Å². The van der Waals surface area contributed by atoms with Crippen molar-refractivity contribution in [3.8, 4) is 5.75 Å². The van der Waals surface area contributed by atoms with E-state index in [4.69, 9.17) is 9.84 Å². The highest BCUT2D eigenvalue weighted by atomic mass is 32.2. The zero-order chi connectivity index (χ0) is 31.2. The number of nitrogens with zero attached hydrogens (tertiary/aromatic N) is 3. The SMILES string of the molecule is O=C(O)NC1CCN(S(=O)(=O)c2cccc(OC3CN(Cc4ccc5c(c4)C(=O)N(C4CCC(=O)NC4=O)C5=O)C3)c2)CC1. The second-order valence-electron chi connectivity index (χ2n) is 11.4. The van der Waals surface area contributed by atoms with Crippen LogP contribution in [-0.4, -0.2) is 102 Å². The third-order valence-electron chi connectivity index (χ3n) is 8.36. The minimum Gasteiger partial charge on any atom is -0.488 e. The second-order valence-corrected chi connectivity index (χ2v) is 13.3. The Balaban J connectivity index is 1.03. The van der Waals surface area contributed by atoms with E-state index in [0.29, 0.717) is 38.2 Å². The van der Waals surface area contributed by atoms with Gasteiger partial charge in [0, 0.05) is 51.3 Å². The quantitative estimate of drug-likeness (QED) is 0.354. The van der Waals surface area contributed by atoms with Crippen LogP contribution in [0.5, 0.6) is 5.75 Å². The highest BCUT2D eigenvalue weighted by Gasteiger charge is 2.44. The molecule has 0 radical (unpaired) electrons. The molecule has 3 saturated heterocycles. The number of likely N-dealkylation sites (tertiary alicyclic amines) is 1. The van der Waals surface area contributed by atoms with Gasteiger partial charge in [0.25, 0.3) is 11.8 Å². The summed E-state index contributed by atoms with van der Waals surface area (Å²) in [6.07, 6.45) is -0.355. The van der Waals surface area contributed by atoms with Crippen molar-refractivity contribution in [3.05, 3.63) is 59.2 Å². The molecule has 0 aromatic heterocycles. The van der Waals surface area contributed by atoms with Crippen LogP contribution < -0.4 is 15.4 Å². The van der Waals surface area contributed by atoms with Crippen LogP contribution in [0.25, 0.3) is 0 Å². The van der Waals surface area contributed by atoms with Crippen molar-refractivity contribution in [2.75, 3.05) is 26.2 Å². The predicted molar refractivity (Wildman–Crippen MR) is 152 cm³/mol. The largest absolute Gasteiger partial charge is 0.488 e. The van der Waals surface area contributed by atoms with Gasteiger partial charge in [-0.05, 0) is 49.1 Å². The zero-order valence-corrected chi connectivity index (χ0v) is 24.4. The summed E-state index contributed by atoms with van der Waals surface area (Å²) in [4.78, 5) is 63.8. The number of fused-ring (bicyclic) bond motifs is 1. The topological polar surface area (TPSA) is 183 Å². The fraction of sp³-hybridized carbons (Fsp3) is 0.414. The summed E-state index contributed by atoms with van der Waals surface area (Å²) in [5.41, 5.74) is 1.26. The van der Waals surface area contributed by atoms with Crippen molar-refractivity contribution in [2.45, 2.75) is 55.3 Å². The molecular weight excluding hydrogens is 594 g/mol. The molecule has 1 unspecified atom stereocenters. The van der Waals surface area contributed by atoms with Gasteiger partial charge < -0.3 is 15.2 Å². The normalized spacial score (nSPS) is 22.0. The molecule has 14 nitrogen and oxygen atoms in total. The molecule has 6 rings (SSSR count). The summed E-state index contributed by atoms with van der Waals surface area (Å²) in [7, 11) is -3.77. The molecule has 2 aromatic rings. The molecule has 0 aliphatic carbocycles. The molecule has 1 atom stereocenters. The van der Waals surface area contributed by atoms with Crippen molar-refractivity contribution in [1.82, 2.24) is 24.7 Å². The Kier molecular flexibility index (Phi) is 7.86. The van der Waals surface area contributed by atoms with Crippen LogP contribution in [0.4, 0.5) is 4.79 Å². The van der Waals surface area contributed by atoms with E-state index in [1.165, 1.54) is 16.4 Å². The molecule has 232 valence electrons. The molecule has 0 bridgehead atoms. The van der Waals surface area contributed by atoms with Crippen LogP contribution >= 0.6 is 0 Å². The number of sulfonamides is 1. The molecule has 0 saturated carbocycles. The molecule has 2 aromatic carbocycles. The van der Waals surface area contributed by atoms with Crippen molar-refractivity contribution in [2.24, 2.45) is 0 Å². The number of nitrogens with one attached hydrogen (secondary N) is 2. The van der Waals surface area contributed by atoms with Crippen LogP contribution in [0.2, 0.25) is 0 Å². The Morgan fingerprint density at radius 2 is 1.70 bits per heavy atom. The Morgan fingerprint density at radius 3 is 2.41 bits per heavy atom. The predicted octanol–water partition coefficient (Wildman–Crippen LogP) is 0.772. The minimum atomic E-state index is -3.77. The van der Waals surface area contributed by atoms with Gasteiger partial charge in [0.15, 0.2) is 0 Å². The maximum absolute atomic E-state index is 13.2. The summed E-state index contributed by atoms with van der Waals surface area (Å²) in [6.45, 7) is 2.05. The highest BCUT2D eigenvalue weighted by molar-refractivity contribution is 7.89. The van der Waals surface area contributed by atoms with Gasteiger partial charge >= 0.3 is 6.09 Å². The minimum absolute atomic E-state index is 0.0558. The Hall–Kier alpha value is -4.34. The van der Waals surface area contributed by atoms with Crippen molar-refractivity contribution >= 4 is 39.7 Å². The van der Waals surface area contributed by atoms with Crippen LogP contribution in [0.15, 0.2) is 47.4 Å². The van der Waals surface area contributed by atoms with Crippen molar-refractivity contribution in [3.63, 3.8) is 0 Å². The number of imide groups is 2. The summed E-state index contributed by atoms with van der Waals surface area (Å²) >= 11 is 0. The second kappa shape index (κ2) is 11.6. The fourth-order valence-corrected chi connectivity index (χ4v) is 7.57. The number of amides is 5. The molecule has 4 aliphatic heterocycles. The Bertz CT molecular complexity index is 1650. The van der Waals surface area contributed by atoms with Gasteiger partial charge in [-0.15, -0.1) is 0 Å². The number of ether oxygens (including phenoxy) is 1. The third-order valence-corrected chi connectivity index (χ3v) is 10.3. The van der Waals surface area contributed by atoms with E-state index in [9.17, 15) is 32.4 Å². The number of carbonyl (C=O) groups excluding carboxylic acids is 4. The lowest BCUT2D eigenvalue weighted by Gasteiger charge is -2.39. The lowest BCUT2D eigenvalue weighted by Crippen LogP contribution is -2.54. The molecule has 5 amide bonds. The Labute approximate surface area is 253 Å². The van der Waals surface area contributed by atoms with Crippen molar-refractivity contribution in [1.29, 1.82) is 0 Å². The Morgan fingerprint density at radius 1 is 0.977 bits per heavy atom. The maximum atomic E-state index is 13.2. The average molecular weight is 626 g/mol. The standard InChI is InChI=1S/C29H31N5O9S/c35-25-7-6-24(26(36)31-25)34-27(37)22-5-4-17(12-23(22)28(34)38)14-32-15-20(16-32)43-19-2-1-3-21(13-19)44(41,42)33-10-8-18(9-11-33)30-29(39)40/h1-5,12-13,18,20,24,30H,6-11,14-16H2,(H,39,40)(H,31,35,36). The number of hydrogen-bond acceptors (Lipinski definition) is 9. The molecule has 15 heteroatoms. The monoisotopic (exact) mass is 625 g/mol. The van der Waals surface area contributed by atoms with E-state index in [2.05, 4.69) is 15.5 Å². The van der Waals surface area contributed by atoms with Crippen molar-refractivity contribution < 1.29 is 42.2 Å². The smallest absolute Gasteiger partial charge is 0.404 e. The van der Waals surface area contributed by atoms with Crippen LogP contribution in [0.3, 0.4) is 0 Å². The molecule has 4 heterocycles. The van der Waals surface area contributed by atoms with Crippen LogP contribution in [-0.2, 0) is 26.2 Å². The number of rotatable bonds is 8. The van der Waals surface area contributed by atoms with Crippen LogP contribution in [0.1, 0.15) is 52.0 Å². The van der Waals surface area contributed by atoms with Gasteiger partial charge in [0.1, 0.15) is 17.9 Å². The zero-order valence-electron chi connectivity index (χ0n) is 23.6. The number of carboxylic acid groups (broad SMARTS) is 1. The third kappa shape index (κ3) is 5.77. The van der Waals surface area contributed by atoms with Gasteiger partial charge in [-0.2, -0.15) is 4.31 Å². The van der Waals surface area contributed by atoms with Gasteiger partial charge in [-0.3, -0.25) is 34.3 Å². The number of carbonyl (C=O) groups is 5. The first kappa shape index (κ1) is 29.7. The van der Waals surface area contributed by atoms with Crippen LogP contribution in [0, 0.1) is 0 Å². The molecule has 4 aliphatic rings. The van der Waals surface area contributed by atoms with Gasteiger partial charge in [-0.1, -0.05) is 12.1 Å². The van der Waals surface area contributed by atoms with Gasteiger partial charge in [0.05, 0.1) is 16.0 Å². The summed E-state index contributed by atoms with van der Waals surface area (Å²) in [5, 5.41) is 13.5. The molecular formula is C29H31N5O9S. The summed E-state index contributed by atoms with van der Waals surface area (Å²) < 4.78 is 33.8. The first-order chi connectivity index (χ1) is 21.0. The first-order valence-electron chi connectivity index (χ1n) is 14.3. The van der Waals surface area contributed by atoms with E-state index in [1.807, 2.05) is 0 Å². The molecule has 44 heavy (non-hydrogen) atoms. The number of piperidine rings is 2.